The van der Waals surface area contributed by atoms with Crippen molar-refractivity contribution in [2.24, 2.45) is 0 Å². The summed E-state index contributed by atoms with van der Waals surface area (Å²) in [6.07, 6.45) is 1.79. The molecule has 0 atom stereocenters. The largest absolute Gasteiger partial charge is 0.480 e. The van der Waals surface area contributed by atoms with Crippen LogP contribution in [-0.4, -0.2) is 27.5 Å². The van der Waals surface area contributed by atoms with Gasteiger partial charge in [0.15, 0.2) is 5.43 Å². The van der Waals surface area contributed by atoms with E-state index in [1.54, 1.807) is 20.8 Å². The number of carbonyl (C=O) groups excluding carboxylic acids is 1. The number of aromatic amines is 1. The van der Waals surface area contributed by atoms with Crippen LogP contribution in [-0.2, 0) is 4.79 Å². The zero-order chi connectivity index (χ0) is 14.6. The van der Waals surface area contributed by atoms with Crippen molar-refractivity contribution in [1.82, 2.24) is 10.3 Å². The van der Waals surface area contributed by atoms with E-state index >= 15 is 0 Å². The molecular weight excluding hydrogens is 248 g/mol. The minimum atomic E-state index is -1.34. The van der Waals surface area contributed by atoms with E-state index in [0.717, 1.165) is 0 Å². The van der Waals surface area contributed by atoms with E-state index in [1.807, 2.05) is 0 Å². The second kappa shape index (κ2) is 5.69. The Balaban J connectivity index is 3.07. The van der Waals surface area contributed by atoms with Crippen molar-refractivity contribution in [2.45, 2.75) is 39.2 Å². The number of carbonyl (C=O) groups is 2. The molecule has 0 saturated heterocycles. The van der Waals surface area contributed by atoms with Gasteiger partial charge in [-0.3, -0.25) is 9.59 Å². The van der Waals surface area contributed by atoms with E-state index in [4.69, 9.17) is 0 Å². The number of carboxylic acids is 1. The van der Waals surface area contributed by atoms with Crippen LogP contribution in [0.25, 0.3) is 0 Å². The number of hydrogen-bond donors (Lipinski definition) is 3. The number of nitrogens with one attached hydrogen (secondary N) is 2. The summed E-state index contributed by atoms with van der Waals surface area (Å²) in [5, 5.41) is 11.7. The van der Waals surface area contributed by atoms with Gasteiger partial charge in [-0.1, -0.05) is 13.8 Å². The van der Waals surface area contributed by atoms with Gasteiger partial charge in [0.05, 0.1) is 0 Å². The lowest BCUT2D eigenvalue weighted by Crippen LogP contribution is -2.54. The number of aryl methyl sites for hydroxylation is 1. The molecule has 104 valence electrons. The van der Waals surface area contributed by atoms with Crippen LogP contribution in [0.5, 0.6) is 0 Å². The normalized spacial score (nSPS) is 11.1. The summed E-state index contributed by atoms with van der Waals surface area (Å²) in [5.74, 6) is -1.78. The Kier molecular flexibility index (Phi) is 4.47. The van der Waals surface area contributed by atoms with Crippen molar-refractivity contribution in [3.63, 3.8) is 0 Å². The fourth-order valence-corrected chi connectivity index (χ4v) is 1.82. The fourth-order valence-electron chi connectivity index (χ4n) is 1.82. The predicted molar refractivity (Wildman–Crippen MR) is 70.2 cm³/mol. The summed E-state index contributed by atoms with van der Waals surface area (Å²) >= 11 is 0. The summed E-state index contributed by atoms with van der Waals surface area (Å²) in [4.78, 5) is 37.8. The highest BCUT2D eigenvalue weighted by atomic mass is 16.4. The van der Waals surface area contributed by atoms with E-state index in [2.05, 4.69) is 10.3 Å². The number of rotatable bonds is 5. The van der Waals surface area contributed by atoms with E-state index in [9.17, 15) is 19.5 Å². The monoisotopic (exact) mass is 266 g/mol. The second-order valence-electron chi connectivity index (χ2n) is 4.44. The molecule has 19 heavy (non-hydrogen) atoms. The molecule has 6 nitrogen and oxygen atoms in total. The molecular formula is C13H18N2O4. The molecule has 0 aromatic carbocycles. The highest BCUT2D eigenvalue weighted by Crippen LogP contribution is 2.16. The predicted octanol–water partition coefficient (Wildman–Crippen LogP) is 1.06. The maximum atomic E-state index is 12.0. The Hall–Kier alpha value is -2.11. The van der Waals surface area contributed by atoms with Gasteiger partial charge in [-0.25, -0.2) is 4.79 Å². The van der Waals surface area contributed by atoms with Crippen molar-refractivity contribution in [2.75, 3.05) is 0 Å². The highest BCUT2D eigenvalue weighted by Gasteiger charge is 2.36. The van der Waals surface area contributed by atoms with Crippen molar-refractivity contribution >= 4 is 11.9 Å². The maximum Gasteiger partial charge on any atom is 0.329 e. The first kappa shape index (κ1) is 14.9. The number of carboxylic acid groups (broad SMARTS) is 1. The highest BCUT2D eigenvalue weighted by molar-refractivity contribution is 5.97. The molecule has 0 aliphatic rings. The van der Waals surface area contributed by atoms with Crippen LogP contribution in [0.4, 0.5) is 0 Å². The zero-order valence-corrected chi connectivity index (χ0v) is 11.2. The Morgan fingerprint density at radius 3 is 2.37 bits per heavy atom. The standard InChI is InChI=1S/C13H18N2O4/c1-4-13(5-2,12(18)19)15-11(17)9-7-14-8(3)6-10(9)16/h6-7H,4-5H2,1-3H3,(H,14,16)(H,15,17)(H,18,19). The number of amides is 1. The van der Waals surface area contributed by atoms with Gasteiger partial charge in [-0.2, -0.15) is 0 Å². The van der Waals surface area contributed by atoms with Gasteiger partial charge in [0, 0.05) is 18.0 Å². The lowest BCUT2D eigenvalue weighted by atomic mass is 9.92. The SMILES string of the molecule is CCC(CC)(NC(=O)c1c[nH]c(C)cc1=O)C(=O)O. The topological polar surface area (TPSA) is 99.3 Å². The Morgan fingerprint density at radius 1 is 1.37 bits per heavy atom. The minimum Gasteiger partial charge on any atom is -0.480 e. The molecule has 0 radical (unpaired) electrons. The molecule has 1 amide bonds. The van der Waals surface area contributed by atoms with Crippen molar-refractivity contribution in [3.05, 3.63) is 33.7 Å². The molecule has 0 aliphatic carbocycles. The second-order valence-corrected chi connectivity index (χ2v) is 4.44. The first-order valence-corrected chi connectivity index (χ1v) is 6.11. The van der Waals surface area contributed by atoms with Crippen LogP contribution in [0.15, 0.2) is 17.1 Å². The van der Waals surface area contributed by atoms with Crippen LogP contribution in [0, 0.1) is 6.92 Å². The molecule has 0 aliphatic heterocycles. The van der Waals surface area contributed by atoms with E-state index in [1.165, 1.54) is 12.3 Å². The Labute approximate surface area is 110 Å². The van der Waals surface area contributed by atoms with Crippen LogP contribution in [0.2, 0.25) is 0 Å². The number of H-pyrrole nitrogens is 1. The smallest absolute Gasteiger partial charge is 0.329 e. The molecule has 0 bridgehead atoms. The third kappa shape index (κ3) is 3.01. The summed E-state index contributed by atoms with van der Waals surface area (Å²) < 4.78 is 0. The first-order valence-electron chi connectivity index (χ1n) is 6.11. The quantitative estimate of drug-likeness (QED) is 0.741. The number of aliphatic carboxylic acids is 1. The molecule has 0 fully saturated rings. The average molecular weight is 266 g/mol. The molecule has 1 aromatic heterocycles. The zero-order valence-electron chi connectivity index (χ0n) is 11.2. The van der Waals surface area contributed by atoms with Crippen molar-refractivity contribution < 1.29 is 14.7 Å². The molecule has 0 saturated carbocycles. The van der Waals surface area contributed by atoms with Gasteiger partial charge in [-0.15, -0.1) is 0 Å². The molecule has 1 aromatic rings. The maximum absolute atomic E-state index is 12.0. The number of hydrogen-bond acceptors (Lipinski definition) is 3. The fraction of sp³-hybridized carbons (Fsp3) is 0.462. The molecule has 1 heterocycles. The third-order valence-electron chi connectivity index (χ3n) is 3.27. The summed E-state index contributed by atoms with van der Waals surface area (Å²) in [6, 6.07) is 1.30. The summed E-state index contributed by atoms with van der Waals surface area (Å²) in [7, 11) is 0. The van der Waals surface area contributed by atoms with Crippen LogP contribution >= 0.6 is 0 Å². The van der Waals surface area contributed by atoms with Crippen LogP contribution in [0.1, 0.15) is 42.7 Å². The van der Waals surface area contributed by atoms with E-state index < -0.39 is 22.8 Å². The Morgan fingerprint density at radius 2 is 1.95 bits per heavy atom. The molecule has 1 rings (SSSR count). The van der Waals surface area contributed by atoms with Crippen LogP contribution in [0.3, 0.4) is 0 Å². The lowest BCUT2D eigenvalue weighted by Gasteiger charge is -2.27. The van der Waals surface area contributed by atoms with Gasteiger partial charge < -0.3 is 15.4 Å². The van der Waals surface area contributed by atoms with Crippen molar-refractivity contribution in [3.8, 4) is 0 Å². The first-order chi connectivity index (χ1) is 8.86. The summed E-state index contributed by atoms with van der Waals surface area (Å²) in [6.45, 7) is 5.05. The minimum absolute atomic E-state index is 0.0851. The average Bonchev–Trinajstić information content (AvgIpc) is 2.35. The van der Waals surface area contributed by atoms with Gasteiger partial charge in [0.2, 0.25) is 0 Å². The number of pyridine rings is 1. The third-order valence-corrected chi connectivity index (χ3v) is 3.27. The van der Waals surface area contributed by atoms with Gasteiger partial charge in [-0.05, 0) is 19.8 Å². The van der Waals surface area contributed by atoms with Crippen LogP contribution < -0.4 is 10.7 Å². The van der Waals surface area contributed by atoms with E-state index in [0.29, 0.717) is 5.69 Å². The molecule has 3 N–H and O–H groups in total. The number of aromatic nitrogens is 1. The van der Waals surface area contributed by atoms with Gasteiger partial charge in [0.25, 0.3) is 5.91 Å². The van der Waals surface area contributed by atoms with Crippen molar-refractivity contribution in [1.29, 1.82) is 0 Å². The molecule has 0 unspecified atom stereocenters. The molecule has 0 spiro atoms. The summed E-state index contributed by atoms with van der Waals surface area (Å²) in [5.41, 5.74) is -1.22. The van der Waals surface area contributed by atoms with Gasteiger partial charge >= 0.3 is 5.97 Å². The van der Waals surface area contributed by atoms with Gasteiger partial charge in [0.1, 0.15) is 11.1 Å². The van der Waals surface area contributed by atoms with E-state index in [-0.39, 0.29) is 18.4 Å². The molecule has 6 heteroatoms. The lowest BCUT2D eigenvalue weighted by molar-refractivity contribution is -0.144. The Bertz CT molecular complexity index is 544.